The van der Waals surface area contributed by atoms with Gasteiger partial charge < -0.3 is 15.5 Å². The van der Waals surface area contributed by atoms with Gasteiger partial charge >= 0.3 is 0 Å². The molecule has 1 saturated heterocycles. The van der Waals surface area contributed by atoms with Crippen LogP contribution in [0.15, 0.2) is 35.3 Å². The van der Waals surface area contributed by atoms with Crippen LogP contribution in [0.5, 0.6) is 0 Å². The summed E-state index contributed by atoms with van der Waals surface area (Å²) in [5.74, 6) is 0.887. The van der Waals surface area contributed by atoms with Crippen LogP contribution >= 0.6 is 11.3 Å². The monoisotopic (exact) mass is 385 g/mol. The molecule has 1 aliphatic rings. The summed E-state index contributed by atoms with van der Waals surface area (Å²) in [6, 6.07) is 10.9. The molecule has 27 heavy (non-hydrogen) atoms. The first-order valence-corrected chi connectivity index (χ1v) is 10.7. The highest BCUT2D eigenvalue weighted by Crippen LogP contribution is 2.27. The minimum Gasteiger partial charge on any atom is -0.354 e. The Hall–Kier alpha value is -1.92. The zero-order valence-electron chi connectivity index (χ0n) is 16.7. The van der Waals surface area contributed by atoms with E-state index in [1.807, 2.05) is 13.1 Å². The van der Waals surface area contributed by atoms with Gasteiger partial charge in [0.25, 0.3) is 0 Å². The number of nitrogens with zero attached hydrogens (tertiary/aromatic N) is 3. The van der Waals surface area contributed by atoms with E-state index in [-0.39, 0.29) is 0 Å². The number of likely N-dealkylation sites (tertiary alicyclic amines) is 1. The predicted octanol–water partition coefficient (Wildman–Crippen LogP) is 3.66. The van der Waals surface area contributed by atoms with Gasteiger partial charge in [0.15, 0.2) is 5.96 Å². The van der Waals surface area contributed by atoms with E-state index in [0.717, 1.165) is 23.2 Å². The van der Waals surface area contributed by atoms with Crippen LogP contribution in [0.25, 0.3) is 10.6 Å². The Kier molecular flexibility index (Phi) is 7.24. The molecule has 5 nitrogen and oxygen atoms in total. The van der Waals surface area contributed by atoms with Crippen molar-refractivity contribution in [3.05, 3.63) is 40.9 Å². The first kappa shape index (κ1) is 19.8. The summed E-state index contributed by atoms with van der Waals surface area (Å²) in [5, 5.41) is 8.14. The minimum atomic E-state index is 0.506. The molecule has 0 atom stereocenters. The number of hydrogen-bond donors (Lipinski definition) is 2. The molecule has 0 bridgehead atoms. The summed E-state index contributed by atoms with van der Waals surface area (Å²) in [6.45, 7) is 8.66. The van der Waals surface area contributed by atoms with Crippen molar-refractivity contribution in [2.24, 2.45) is 4.99 Å². The topological polar surface area (TPSA) is 52.5 Å². The average molecular weight is 386 g/mol. The Morgan fingerprint density at radius 3 is 2.67 bits per heavy atom. The normalized spacial score (nSPS) is 16.5. The summed E-state index contributed by atoms with van der Waals surface area (Å²) in [6.07, 6.45) is 3.59. The largest absolute Gasteiger partial charge is 0.354 e. The summed E-state index contributed by atoms with van der Waals surface area (Å²) in [4.78, 5) is 13.0. The highest BCUT2D eigenvalue weighted by atomic mass is 32.1. The molecule has 0 spiro atoms. The first-order valence-electron chi connectivity index (χ1n) is 9.91. The first-order chi connectivity index (χ1) is 13.2. The molecule has 0 unspecified atom stereocenters. The van der Waals surface area contributed by atoms with Crippen LogP contribution in [0, 0.1) is 6.92 Å². The third kappa shape index (κ3) is 5.53. The molecule has 1 aliphatic heterocycles. The lowest BCUT2D eigenvalue weighted by atomic mass is 10.1. The molecule has 1 aromatic heterocycles. The van der Waals surface area contributed by atoms with Crippen LogP contribution in [0.2, 0.25) is 0 Å². The number of guanidine groups is 1. The van der Waals surface area contributed by atoms with E-state index >= 15 is 0 Å². The smallest absolute Gasteiger partial charge is 0.191 e. The van der Waals surface area contributed by atoms with E-state index in [0.29, 0.717) is 6.04 Å². The molecule has 2 heterocycles. The maximum atomic E-state index is 4.74. The van der Waals surface area contributed by atoms with Crippen molar-refractivity contribution in [3.63, 3.8) is 0 Å². The Labute approximate surface area is 166 Å². The molecular weight excluding hydrogens is 354 g/mol. The summed E-state index contributed by atoms with van der Waals surface area (Å²) in [5.41, 5.74) is 2.27. The maximum absolute atomic E-state index is 4.74. The summed E-state index contributed by atoms with van der Waals surface area (Å²) < 4.78 is 0. The molecule has 1 aromatic carbocycles. The molecule has 0 aliphatic carbocycles. The van der Waals surface area contributed by atoms with Gasteiger partial charge in [-0.3, -0.25) is 4.99 Å². The number of aliphatic imine (C=N–C) groups is 1. The Balaban J connectivity index is 1.52. The molecule has 2 N–H and O–H groups in total. The van der Waals surface area contributed by atoms with E-state index in [1.165, 1.54) is 49.3 Å². The van der Waals surface area contributed by atoms with E-state index in [9.17, 15) is 0 Å². The summed E-state index contributed by atoms with van der Waals surface area (Å²) >= 11 is 1.75. The molecule has 1 fully saturated rings. The van der Waals surface area contributed by atoms with E-state index in [4.69, 9.17) is 4.98 Å². The number of hydrogen-bond acceptors (Lipinski definition) is 4. The van der Waals surface area contributed by atoms with Crippen LogP contribution in [0.4, 0.5) is 0 Å². The van der Waals surface area contributed by atoms with Crippen molar-refractivity contribution in [2.75, 3.05) is 26.7 Å². The van der Waals surface area contributed by atoms with Crippen molar-refractivity contribution in [3.8, 4) is 10.6 Å². The fourth-order valence-corrected chi connectivity index (χ4v) is 4.47. The van der Waals surface area contributed by atoms with Crippen molar-refractivity contribution in [2.45, 2.75) is 45.7 Å². The van der Waals surface area contributed by atoms with Crippen molar-refractivity contribution >= 4 is 17.3 Å². The summed E-state index contributed by atoms with van der Waals surface area (Å²) in [7, 11) is 1.84. The maximum Gasteiger partial charge on any atom is 0.191 e. The Morgan fingerprint density at radius 1 is 1.26 bits per heavy atom. The zero-order valence-corrected chi connectivity index (χ0v) is 17.5. The highest BCUT2D eigenvalue weighted by Gasteiger charge is 2.19. The second kappa shape index (κ2) is 9.85. The molecule has 0 saturated carbocycles. The van der Waals surface area contributed by atoms with Crippen molar-refractivity contribution in [1.29, 1.82) is 0 Å². The Bertz CT molecular complexity index is 732. The fourth-order valence-electron chi connectivity index (χ4n) is 3.47. The van der Waals surface area contributed by atoms with Crippen LogP contribution < -0.4 is 10.6 Å². The van der Waals surface area contributed by atoms with Crippen LogP contribution in [0.1, 0.15) is 36.8 Å². The quantitative estimate of drug-likeness (QED) is 0.589. The number of aryl methyl sites for hydroxylation is 1. The number of benzene rings is 1. The number of piperidine rings is 1. The van der Waals surface area contributed by atoms with Gasteiger partial charge in [0, 0.05) is 36.6 Å². The van der Waals surface area contributed by atoms with Crippen LogP contribution in [0.3, 0.4) is 0 Å². The van der Waals surface area contributed by atoms with Gasteiger partial charge in [-0.1, -0.05) is 37.3 Å². The van der Waals surface area contributed by atoms with Gasteiger partial charge in [0.05, 0.1) is 12.2 Å². The minimum absolute atomic E-state index is 0.506. The number of aromatic nitrogens is 1. The van der Waals surface area contributed by atoms with Crippen molar-refractivity contribution in [1.82, 2.24) is 20.5 Å². The molecular formula is C21H31N5S. The molecule has 146 valence electrons. The number of nitrogens with one attached hydrogen (secondary N) is 2. The lowest BCUT2D eigenvalue weighted by Crippen LogP contribution is -2.48. The standard InChI is InChI=1S/C21H31N5S/c1-4-12-26-13-10-18(11-14-26)25-21(22-3)23-15-19-16(2)24-20(27-19)17-8-6-5-7-9-17/h5-9,18H,4,10-15H2,1-3H3,(H2,22,23,25). The van der Waals surface area contributed by atoms with Gasteiger partial charge in [-0.15, -0.1) is 11.3 Å². The molecule has 3 rings (SSSR count). The Morgan fingerprint density at radius 2 is 2.00 bits per heavy atom. The third-order valence-electron chi connectivity index (χ3n) is 5.02. The molecule has 0 amide bonds. The zero-order chi connectivity index (χ0) is 19.1. The van der Waals surface area contributed by atoms with E-state index in [1.54, 1.807) is 11.3 Å². The molecule has 6 heteroatoms. The van der Waals surface area contributed by atoms with Crippen LogP contribution in [-0.2, 0) is 6.54 Å². The molecule has 2 aromatic rings. The predicted molar refractivity (Wildman–Crippen MR) is 115 cm³/mol. The lowest BCUT2D eigenvalue weighted by molar-refractivity contribution is 0.206. The fraction of sp³-hybridized carbons (Fsp3) is 0.524. The van der Waals surface area contributed by atoms with E-state index < -0.39 is 0 Å². The van der Waals surface area contributed by atoms with Gasteiger partial charge in [-0.2, -0.15) is 0 Å². The molecule has 0 radical (unpaired) electrons. The average Bonchev–Trinajstić information content (AvgIpc) is 3.08. The SMILES string of the molecule is CCCN1CCC(NC(=NC)NCc2sc(-c3ccccc3)nc2C)CC1. The van der Waals surface area contributed by atoms with Crippen LogP contribution in [-0.4, -0.2) is 48.6 Å². The number of thiazole rings is 1. The lowest BCUT2D eigenvalue weighted by Gasteiger charge is -2.32. The second-order valence-electron chi connectivity index (χ2n) is 7.08. The van der Waals surface area contributed by atoms with Gasteiger partial charge in [0.2, 0.25) is 0 Å². The van der Waals surface area contributed by atoms with Crippen molar-refractivity contribution < 1.29 is 0 Å². The van der Waals surface area contributed by atoms with Gasteiger partial charge in [-0.25, -0.2) is 4.98 Å². The third-order valence-corrected chi connectivity index (χ3v) is 6.23. The van der Waals surface area contributed by atoms with Gasteiger partial charge in [0.1, 0.15) is 5.01 Å². The van der Waals surface area contributed by atoms with E-state index in [2.05, 4.69) is 58.6 Å². The van der Waals surface area contributed by atoms with Gasteiger partial charge in [-0.05, 0) is 32.7 Å². The number of rotatable bonds is 6. The highest BCUT2D eigenvalue weighted by molar-refractivity contribution is 7.15. The second-order valence-corrected chi connectivity index (χ2v) is 8.16.